The lowest BCUT2D eigenvalue weighted by Gasteiger charge is -2.30. The molecule has 1 aliphatic heterocycles. The summed E-state index contributed by atoms with van der Waals surface area (Å²) < 4.78 is 26.6. The molecule has 1 saturated carbocycles. The molecule has 0 amide bonds. The van der Waals surface area contributed by atoms with E-state index >= 15 is 0 Å². The number of nitrogens with one attached hydrogen (secondary N) is 1. The number of nitrogens with two attached hydrogens (primary N) is 1. The van der Waals surface area contributed by atoms with Crippen molar-refractivity contribution in [2.45, 2.75) is 37.0 Å². The van der Waals surface area contributed by atoms with Gasteiger partial charge in [-0.1, -0.05) is 11.6 Å². The fraction of sp³-hybridized carbons (Fsp3) is 0.533. The summed E-state index contributed by atoms with van der Waals surface area (Å²) in [5.41, 5.74) is 1.76. The minimum atomic E-state index is -3.09. The van der Waals surface area contributed by atoms with Gasteiger partial charge in [-0.15, -0.1) is 0 Å². The van der Waals surface area contributed by atoms with Gasteiger partial charge in [-0.3, -0.25) is 0 Å². The number of fused-ring (bicyclic) bond motifs is 1. The Labute approximate surface area is 140 Å². The molecule has 0 aromatic carbocycles. The largest absolute Gasteiger partial charge is 0.346 e. The zero-order valence-electron chi connectivity index (χ0n) is 12.7. The molecule has 1 atom stereocenters. The molecular formula is C15H20ClN4O2S+. The molecule has 6 nitrogen and oxygen atoms in total. The third-order valence-electron chi connectivity index (χ3n) is 4.71. The van der Waals surface area contributed by atoms with Gasteiger partial charge in [0.25, 0.3) is 0 Å². The molecule has 1 aliphatic carbocycles. The lowest BCUT2D eigenvalue weighted by molar-refractivity contribution is -0.611. The van der Waals surface area contributed by atoms with Gasteiger partial charge in [-0.2, -0.15) is 4.31 Å². The van der Waals surface area contributed by atoms with Gasteiger partial charge in [0.05, 0.1) is 23.4 Å². The first-order valence-corrected chi connectivity index (χ1v) is 9.89. The number of aromatic nitrogens is 2. The summed E-state index contributed by atoms with van der Waals surface area (Å²) in [5.74, 6) is 0. The smallest absolute Gasteiger partial charge is 0.217 e. The molecule has 4 rings (SSSR count). The maximum atomic E-state index is 12.5. The number of pyridine rings is 1. The molecule has 3 heterocycles. The Morgan fingerprint density at radius 3 is 2.96 bits per heavy atom. The number of hydrogen-bond acceptors (Lipinski definition) is 3. The van der Waals surface area contributed by atoms with Crippen LogP contribution in [0.2, 0.25) is 5.02 Å². The van der Waals surface area contributed by atoms with Gasteiger partial charge in [0.15, 0.2) is 5.69 Å². The molecule has 2 aliphatic rings. The molecule has 1 saturated heterocycles. The van der Waals surface area contributed by atoms with Crippen LogP contribution in [0.15, 0.2) is 18.5 Å². The van der Waals surface area contributed by atoms with Crippen LogP contribution < -0.4 is 5.32 Å². The predicted octanol–water partition coefficient (Wildman–Crippen LogP) is 1.37. The molecule has 0 bridgehead atoms. The number of H-pyrrole nitrogens is 1. The Morgan fingerprint density at radius 2 is 2.17 bits per heavy atom. The number of nitrogens with zero attached hydrogens (tertiary/aromatic N) is 2. The number of piperidine rings is 1. The Morgan fingerprint density at radius 1 is 1.35 bits per heavy atom. The van der Waals surface area contributed by atoms with E-state index < -0.39 is 10.0 Å². The van der Waals surface area contributed by atoms with Gasteiger partial charge in [0.2, 0.25) is 10.0 Å². The molecule has 0 spiro atoms. The first kappa shape index (κ1) is 15.4. The number of quaternary nitrogens is 1. The van der Waals surface area contributed by atoms with Crippen molar-refractivity contribution in [1.29, 1.82) is 0 Å². The van der Waals surface area contributed by atoms with Crippen molar-refractivity contribution in [2.24, 2.45) is 0 Å². The second-order valence-corrected chi connectivity index (χ2v) is 9.05. The van der Waals surface area contributed by atoms with Crippen molar-refractivity contribution in [1.82, 2.24) is 14.3 Å². The minimum Gasteiger partial charge on any atom is -0.346 e. The van der Waals surface area contributed by atoms with Gasteiger partial charge in [-0.05, 0) is 25.3 Å². The first-order valence-electron chi connectivity index (χ1n) is 8.01. The molecule has 1 unspecified atom stereocenters. The second-order valence-electron chi connectivity index (χ2n) is 6.43. The van der Waals surface area contributed by atoms with E-state index in [4.69, 9.17) is 11.6 Å². The third kappa shape index (κ3) is 2.87. The van der Waals surface area contributed by atoms with E-state index in [1.165, 1.54) is 0 Å². The van der Waals surface area contributed by atoms with E-state index in [9.17, 15) is 8.42 Å². The number of aromatic amines is 1. The Bertz CT molecular complexity index is 831. The van der Waals surface area contributed by atoms with Crippen LogP contribution in [0, 0.1) is 0 Å². The molecule has 2 fully saturated rings. The number of halogens is 1. The summed E-state index contributed by atoms with van der Waals surface area (Å²) in [6.07, 6.45) is 7.00. The summed E-state index contributed by atoms with van der Waals surface area (Å²) in [7, 11) is -3.09. The SMILES string of the molecule is O=S(=O)(C1CC1)N1CCCC([NH2+]c2c(Cl)cnc3[nH]ccc23)C1. The van der Waals surface area contributed by atoms with Crippen LogP contribution >= 0.6 is 11.6 Å². The highest BCUT2D eigenvalue weighted by Crippen LogP contribution is 2.32. The highest BCUT2D eigenvalue weighted by Gasteiger charge is 2.42. The molecule has 8 heteroatoms. The maximum Gasteiger partial charge on any atom is 0.217 e. The Kier molecular flexibility index (Phi) is 3.84. The normalized spacial score (nSPS) is 23.4. The zero-order chi connectivity index (χ0) is 16.0. The fourth-order valence-corrected chi connectivity index (χ4v) is 5.48. The van der Waals surface area contributed by atoms with Crippen molar-refractivity contribution in [2.75, 3.05) is 13.1 Å². The maximum absolute atomic E-state index is 12.5. The average Bonchev–Trinajstić information content (AvgIpc) is 3.30. The van der Waals surface area contributed by atoms with Gasteiger partial charge in [0, 0.05) is 19.2 Å². The topological polar surface area (TPSA) is 82.7 Å². The van der Waals surface area contributed by atoms with E-state index in [1.54, 1.807) is 10.5 Å². The third-order valence-corrected chi connectivity index (χ3v) is 7.37. The van der Waals surface area contributed by atoms with E-state index in [0.29, 0.717) is 18.1 Å². The van der Waals surface area contributed by atoms with Crippen LogP contribution in [-0.4, -0.2) is 47.1 Å². The van der Waals surface area contributed by atoms with Gasteiger partial charge in [-0.25, -0.2) is 13.4 Å². The van der Waals surface area contributed by atoms with Crippen LogP contribution in [-0.2, 0) is 10.0 Å². The van der Waals surface area contributed by atoms with Crippen molar-refractivity contribution in [3.63, 3.8) is 0 Å². The summed E-state index contributed by atoms with van der Waals surface area (Å²) in [4.78, 5) is 7.35. The molecule has 3 N–H and O–H groups in total. The van der Waals surface area contributed by atoms with Crippen molar-refractivity contribution in [3.05, 3.63) is 23.5 Å². The standard InChI is InChI=1S/C15H19ClN4O2S/c16-13-8-18-15-12(5-6-17-15)14(13)19-10-2-1-7-20(9-10)23(21,22)11-3-4-11/h5-6,8,10-11H,1-4,7,9H2,(H2,17,18,19)/p+1. The van der Waals surface area contributed by atoms with E-state index in [2.05, 4.69) is 15.3 Å². The average molecular weight is 356 g/mol. The fourth-order valence-electron chi connectivity index (χ4n) is 3.33. The lowest BCUT2D eigenvalue weighted by atomic mass is 10.1. The van der Waals surface area contributed by atoms with Gasteiger partial charge < -0.3 is 10.3 Å². The highest BCUT2D eigenvalue weighted by molar-refractivity contribution is 7.90. The molecule has 124 valence electrons. The van der Waals surface area contributed by atoms with Gasteiger partial charge >= 0.3 is 0 Å². The van der Waals surface area contributed by atoms with Crippen LogP contribution in [0.4, 0.5) is 5.69 Å². The van der Waals surface area contributed by atoms with E-state index in [0.717, 1.165) is 42.4 Å². The number of rotatable bonds is 4. The molecule has 23 heavy (non-hydrogen) atoms. The quantitative estimate of drug-likeness (QED) is 0.868. The molecule has 2 aromatic rings. The van der Waals surface area contributed by atoms with Crippen LogP contribution in [0.3, 0.4) is 0 Å². The minimum absolute atomic E-state index is 0.137. The molecule has 0 radical (unpaired) electrons. The van der Waals surface area contributed by atoms with E-state index in [1.807, 2.05) is 12.3 Å². The summed E-state index contributed by atoms with van der Waals surface area (Å²) in [6, 6.07) is 2.15. The number of sulfonamides is 1. The van der Waals surface area contributed by atoms with Gasteiger partial charge in [0.1, 0.15) is 16.7 Å². The first-order chi connectivity index (χ1) is 11.1. The summed E-state index contributed by atoms with van der Waals surface area (Å²) in [5, 5.41) is 3.58. The molecule has 2 aromatic heterocycles. The summed E-state index contributed by atoms with van der Waals surface area (Å²) >= 11 is 6.33. The number of hydrogen-bond donors (Lipinski definition) is 2. The molecular weight excluding hydrogens is 336 g/mol. The highest BCUT2D eigenvalue weighted by atomic mass is 35.5. The monoisotopic (exact) mass is 355 g/mol. The predicted molar refractivity (Wildman–Crippen MR) is 89.2 cm³/mol. The van der Waals surface area contributed by atoms with Crippen molar-refractivity contribution in [3.8, 4) is 0 Å². The summed E-state index contributed by atoms with van der Waals surface area (Å²) in [6.45, 7) is 1.20. The van der Waals surface area contributed by atoms with E-state index in [-0.39, 0.29) is 11.3 Å². The van der Waals surface area contributed by atoms with Crippen molar-refractivity contribution >= 4 is 38.3 Å². The second kappa shape index (κ2) is 5.73. The Balaban J connectivity index is 1.56. The van der Waals surface area contributed by atoms with Crippen LogP contribution in [0.1, 0.15) is 25.7 Å². The zero-order valence-corrected chi connectivity index (χ0v) is 14.3. The van der Waals surface area contributed by atoms with Crippen LogP contribution in [0.5, 0.6) is 0 Å². The van der Waals surface area contributed by atoms with Crippen molar-refractivity contribution < 1.29 is 13.7 Å². The Hall–Kier alpha value is -1.15. The lowest BCUT2D eigenvalue weighted by Crippen LogP contribution is -2.87. The van der Waals surface area contributed by atoms with Crippen LogP contribution in [0.25, 0.3) is 11.0 Å².